The van der Waals surface area contributed by atoms with Gasteiger partial charge in [-0.2, -0.15) is 0 Å². The highest BCUT2D eigenvalue weighted by atomic mass is 16.5. The van der Waals surface area contributed by atoms with Gasteiger partial charge in [-0.3, -0.25) is 0 Å². The molecule has 2 heteroatoms. The van der Waals surface area contributed by atoms with Crippen LogP contribution in [-0.4, -0.2) is 19.8 Å². The zero-order valence-electron chi connectivity index (χ0n) is 12.6. The molecule has 1 aromatic rings. The van der Waals surface area contributed by atoms with Crippen molar-refractivity contribution in [3.05, 3.63) is 34.9 Å². The molecular formula is C16H27NO. The molecule has 2 nitrogen and oxygen atoms in total. The first-order chi connectivity index (χ1) is 8.45. The molecule has 18 heavy (non-hydrogen) atoms. The summed E-state index contributed by atoms with van der Waals surface area (Å²) in [7, 11) is 2.00. The summed E-state index contributed by atoms with van der Waals surface area (Å²) in [5, 5.41) is 3.36. The number of ether oxygens (including phenoxy) is 1. The standard InChI is InChI=1S/C16H27NO/c1-11(2)14(5)18-10-16(17-6)15-9-12(3)7-8-13(15)4/h7-9,11,14,16-17H,10H2,1-6H3. The van der Waals surface area contributed by atoms with Crippen LogP contribution in [-0.2, 0) is 4.74 Å². The summed E-state index contributed by atoms with van der Waals surface area (Å²) < 4.78 is 5.94. The molecule has 0 amide bonds. The second-order valence-corrected chi connectivity index (χ2v) is 5.48. The average molecular weight is 249 g/mol. The van der Waals surface area contributed by atoms with Gasteiger partial charge in [0.15, 0.2) is 0 Å². The van der Waals surface area contributed by atoms with Gasteiger partial charge in [0.25, 0.3) is 0 Å². The summed E-state index contributed by atoms with van der Waals surface area (Å²) in [6, 6.07) is 6.86. The minimum atomic E-state index is 0.270. The molecule has 1 aromatic carbocycles. The zero-order chi connectivity index (χ0) is 13.7. The number of hydrogen-bond acceptors (Lipinski definition) is 2. The Labute approximate surface area is 112 Å². The normalized spacial score (nSPS) is 14.8. The SMILES string of the molecule is CNC(COC(C)C(C)C)c1cc(C)ccc1C. The summed E-state index contributed by atoms with van der Waals surface area (Å²) in [5.74, 6) is 0.557. The van der Waals surface area contributed by atoms with E-state index in [0.29, 0.717) is 12.0 Å². The van der Waals surface area contributed by atoms with Crippen LogP contribution in [0.25, 0.3) is 0 Å². The Morgan fingerprint density at radius 3 is 2.39 bits per heavy atom. The van der Waals surface area contributed by atoms with Crippen LogP contribution < -0.4 is 5.32 Å². The number of hydrogen-bond donors (Lipinski definition) is 1. The van der Waals surface area contributed by atoms with Crippen LogP contribution in [0.4, 0.5) is 0 Å². The van der Waals surface area contributed by atoms with E-state index in [1.165, 1.54) is 16.7 Å². The molecular weight excluding hydrogens is 222 g/mol. The van der Waals surface area contributed by atoms with Crippen LogP contribution in [0.5, 0.6) is 0 Å². The molecule has 0 aromatic heterocycles. The topological polar surface area (TPSA) is 21.3 Å². The maximum Gasteiger partial charge on any atom is 0.0665 e. The highest BCUT2D eigenvalue weighted by molar-refractivity contribution is 5.33. The van der Waals surface area contributed by atoms with Gasteiger partial charge in [-0.1, -0.05) is 37.6 Å². The van der Waals surface area contributed by atoms with Crippen LogP contribution >= 0.6 is 0 Å². The van der Waals surface area contributed by atoms with E-state index in [1.807, 2.05) is 7.05 Å². The van der Waals surface area contributed by atoms with Gasteiger partial charge in [-0.25, -0.2) is 0 Å². The van der Waals surface area contributed by atoms with E-state index in [0.717, 1.165) is 6.61 Å². The Balaban J connectivity index is 2.74. The van der Waals surface area contributed by atoms with Crippen LogP contribution in [0.15, 0.2) is 18.2 Å². The molecule has 0 saturated carbocycles. The summed E-state index contributed by atoms with van der Waals surface area (Å²) in [6.07, 6.45) is 0.297. The number of benzene rings is 1. The summed E-state index contributed by atoms with van der Waals surface area (Å²) in [6.45, 7) is 11.5. The second-order valence-electron chi connectivity index (χ2n) is 5.48. The first-order valence-electron chi connectivity index (χ1n) is 6.81. The molecule has 1 rings (SSSR count). The summed E-state index contributed by atoms with van der Waals surface area (Å²) in [4.78, 5) is 0. The van der Waals surface area contributed by atoms with E-state index in [4.69, 9.17) is 4.74 Å². The molecule has 0 fully saturated rings. The molecule has 0 heterocycles. The first kappa shape index (κ1) is 15.2. The molecule has 0 aliphatic rings. The number of rotatable bonds is 6. The Bertz CT molecular complexity index is 373. The van der Waals surface area contributed by atoms with Crippen LogP contribution in [0.1, 0.15) is 43.5 Å². The molecule has 102 valence electrons. The van der Waals surface area contributed by atoms with Gasteiger partial charge >= 0.3 is 0 Å². The number of nitrogens with one attached hydrogen (secondary N) is 1. The summed E-state index contributed by atoms with van der Waals surface area (Å²) in [5.41, 5.74) is 3.96. The van der Waals surface area contributed by atoms with Crippen LogP contribution in [0.3, 0.4) is 0 Å². The lowest BCUT2D eigenvalue weighted by molar-refractivity contribution is 0.0228. The lowest BCUT2D eigenvalue weighted by Crippen LogP contribution is -2.26. The summed E-state index contributed by atoms with van der Waals surface area (Å²) >= 11 is 0. The fraction of sp³-hybridized carbons (Fsp3) is 0.625. The fourth-order valence-corrected chi connectivity index (χ4v) is 1.90. The predicted molar refractivity (Wildman–Crippen MR) is 78.0 cm³/mol. The van der Waals surface area contributed by atoms with Crippen molar-refractivity contribution in [2.24, 2.45) is 5.92 Å². The highest BCUT2D eigenvalue weighted by Crippen LogP contribution is 2.20. The third kappa shape index (κ3) is 4.11. The monoisotopic (exact) mass is 249 g/mol. The molecule has 2 unspecified atom stereocenters. The minimum Gasteiger partial charge on any atom is -0.376 e. The van der Waals surface area contributed by atoms with Gasteiger partial charge in [0, 0.05) is 0 Å². The predicted octanol–water partition coefficient (Wildman–Crippen LogP) is 3.63. The van der Waals surface area contributed by atoms with Gasteiger partial charge in [0.2, 0.25) is 0 Å². The van der Waals surface area contributed by atoms with Crippen molar-refractivity contribution in [2.75, 3.05) is 13.7 Å². The van der Waals surface area contributed by atoms with Crippen molar-refractivity contribution in [3.63, 3.8) is 0 Å². The highest BCUT2D eigenvalue weighted by Gasteiger charge is 2.15. The van der Waals surface area contributed by atoms with Crippen molar-refractivity contribution >= 4 is 0 Å². The van der Waals surface area contributed by atoms with Crippen molar-refractivity contribution < 1.29 is 4.74 Å². The van der Waals surface area contributed by atoms with E-state index in [1.54, 1.807) is 0 Å². The van der Waals surface area contributed by atoms with Gasteiger partial charge < -0.3 is 10.1 Å². The first-order valence-corrected chi connectivity index (χ1v) is 6.81. The largest absolute Gasteiger partial charge is 0.376 e. The lowest BCUT2D eigenvalue weighted by Gasteiger charge is -2.23. The molecule has 0 bridgehead atoms. The molecule has 0 radical (unpaired) electrons. The second kappa shape index (κ2) is 6.91. The van der Waals surface area contributed by atoms with E-state index in [9.17, 15) is 0 Å². The van der Waals surface area contributed by atoms with E-state index in [-0.39, 0.29) is 6.04 Å². The lowest BCUT2D eigenvalue weighted by atomic mass is 9.99. The number of aryl methyl sites for hydroxylation is 2. The Morgan fingerprint density at radius 1 is 1.17 bits per heavy atom. The third-order valence-electron chi connectivity index (χ3n) is 3.62. The average Bonchev–Trinajstić information content (AvgIpc) is 2.33. The minimum absolute atomic E-state index is 0.270. The Kier molecular flexibility index (Phi) is 5.83. The molecule has 0 spiro atoms. The van der Waals surface area contributed by atoms with Crippen molar-refractivity contribution in [3.8, 4) is 0 Å². The molecule has 0 aliphatic carbocycles. The van der Waals surface area contributed by atoms with Gasteiger partial charge in [-0.15, -0.1) is 0 Å². The van der Waals surface area contributed by atoms with Crippen LogP contribution in [0.2, 0.25) is 0 Å². The molecule has 2 atom stereocenters. The molecule has 1 N–H and O–H groups in total. The van der Waals surface area contributed by atoms with Gasteiger partial charge in [0.1, 0.15) is 0 Å². The molecule has 0 aliphatic heterocycles. The smallest absolute Gasteiger partial charge is 0.0665 e. The zero-order valence-corrected chi connectivity index (χ0v) is 12.6. The fourth-order valence-electron chi connectivity index (χ4n) is 1.90. The Hall–Kier alpha value is -0.860. The third-order valence-corrected chi connectivity index (χ3v) is 3.62. The van der Waals surface area contributed by atoms with Crippen molar-refractivity contribution in [1.29, 1.82) is 0 Å². The van der Waals surface area contributed by atoms with Crippen molar-refractivity contribution in [1.82, 2.24) is 5.32 Å². The number of likely N-dealkylation sites (N-methyl/N-ethyl adjacent to an activating group) is 1. The van der Waals surface area contributed by atoms with Gasteiger partial charge in [0.05, 0.1) is 18.8 Å². The quantitative estimate of drug-likeness (QED) is 0.831. The van der Waals surface area contributed by atoms with E-state index in [2.05, 4.69) is 58.1 Å². The van der Waals surface area contributed by atoms with E-state index < -0.39 is 0 Å². The van der Waals surface area contributed by atoms with E-state index >= 15 is 0 Å². The van der Waals surface area contributed by atoms with Crippen LogP contribution in [0, 0.1) is 19.8 Å². The maximum atomic E-state index is 5.94. The van der Waals surface area contributed by atoms with Gasteiger partial charge in [-0.05, 0) is 44.9 Å². The molecule has 0 saturated heterocycles. The van der Waals surface area contributed by atoms with Crippen molar-refractivity contribution in [2.45, 2.75) is 46.8 Å². The Morgan fingerprint density at radius 2 is 1.83 bits per heavy atom. The maximum absolute atomic E-state index is 5.94.